The van der Waals surface area contributed by atoms with E-state index in [-0.39, 0.29) is 23.3 Å². The summed E-state index contributed by atoms with van der Waals surface area (Å²) in [6.45, 7) is 1.96. The minimum Gasteiger partial charge on any atom is -0.374 e. The quantitative estimate of drug-likeness (QED) is 0.357. The zero-order valence-electron chi connectivity index (χ0n) is 17.3. The van der Waals surface area contributed by atoms with Gasteiger partial charge in [-0.25, -0.2) is 0 Å². The van der Waals surface area contributed by atoms with Gasteiger partial charge in [0.1, 0.15) is 23.3 Å². The predicted octanol–water partition coefficient (Wildman–Crippen LogP) is 5.49. The van der Waals surface area contributed by atoms with Crippen molar-refractivity contribution in [3.8, 4) is 0 Å². The van der Waals surface area contributed by atoms with Crippen LogP contribution in [0, 0.1) is 0 Å². The lowest BCUT2D eigenvalue weighted by Crippen LogP contribution is -2.38. The Kier molecular flexibility index (Phi) is 8.27. The van der Waals surface area contributed by atoms with Crippen molar-refractivity contribution < 1.29 is 18.9 Å². The van der Waals surface area contributed by atoms with Gasteiger partial charge in [0.15, 0.2) is 0 Å². The van der Waals surface area contributed by atoms with Crippen molar-refractivity contribution in [2.75, 3.05) is 6.61 Å². The minimum atomic E-state index is -0.262. The molecule has 4 rings (SSSR count). The van der Waals surface area contributed by atoms with E-state index >= 15 is 0 Å². The van der Waals surface area contributed by atoms with E-state index in [0.29, 0.717) is 26.4 Å². The van der Waals surface area contributed by atoms with E-state index < -0.39 is 0 Å². The molecule has 5 heteroatoms. The van der Waals surface area contributed by atoms with Gasteiger partial charge in [0.2, 0.25) is 0 Å². The number of alkyl halides is 1. The number of benzene rings is 3. The second-order valence-electron chi connectivity index (χ2n) is 7.55. The van der Waals surface area contributed by atoms with Gasteiger partial charge in [-0.05, 0) is 16.7 Å². The Balaban J connectivity index is 1.39. The Labute approximate surface area is 192 Å². The highest BCUT2D eigenvalue weighted by atomic mass is 79.9. The molecular weight excluding hydrogens is 456 g/mol. The molecule has 1 saturated heterocycles. The Morgan fingerprint density at radius 2 is 1.06 bits per heavy atom. The van der Waals surface area contributed by atoms with Crippen LogP contribution in [0.15, 0.2) is 91.0 Å². The van der Waals surface area contributed by atoms with Gasteiger partial charge in [0.05, 0.1) is 26.4 Å². The van der Waals surface area contributed by atoms with E-state index in [9.17, 15) is 0 Å². The number of hydrogen-bond acceptors (Lipinski definition) is 4. The molecule has 1 aliphatic heterocycles. The summed E-state index contributed by atoms with van der Waals surface area (Å²) >= 11 is 3.64. The Hall–Kier alpha value is -2.02. The monoisotopic (exact) mass is 482 g/mol. The molecule has 0 amide bonds. The number of ether oxygens (including phenoxy) is 4. The van der Waals surface area contributed by atoms with Gasteiger partial charge in [-0.15, -0.1) is 0 Å². The van der Waals surface area contributed by atoms with Crippen LogP contribution in [0.5, 0.6) is 0 Å². The maximum Gasteiger partial charge on any atom is 0.141 e. The van der Waals surface area contributed by atoms with Gasteiger partial charge >= 0.3 is 0 Å². The highest BCUT2D eigenvalue weighted by Gasteiger charge is 2.45. The van der Waals surface area contributed by atoms with Crippen LogP contribution >= 0.6 is 15.9 Å². The maximum absolute atomic E-state index is 6.32. The number of halogens is 1. The largest absolute Gasteiger partial charge is 0.374 e. The van der Waals surface area contributed by atoms with Crippen LogP contribution in [-0.4, -0.2) is 29.9 Å². The van der Waals surface area contributed by atoms with Crippen molar-refractivity contribution in [1.82, 2.24) is 0 Å². The molecule has 0 unspecified atom stereocenters. The third-order valence-corrected chi connectivity index (χ3v) is 5.95. The van der Waals surface area contributed by atoms with Gasteiger partial charge in [0.25, 0.3) is 0 Å². The van der Waals surface area contributed by atoms with Crippen LogP contribution in [-0.2, 0) is 38.8 Å². The van der Waals surface area contributed by atoms with Crippen molar-refractivity contribution in [2.24, 2.45) is 0 Å². The van der Waals surface area contributed by atoms with Gasteiger partial charge in [0, 0.05) is 0 Å². The van der Waals surface area contributed by atoms with Gasteiger partial charge in [-0.1, -0.05) is 107 Å². The third kappa shape index (κ3) is 6.48. The van der Waals surface area contributed by atoms with Gasteiger partial charge in [-0.3, -0.25) is 0 Å². The highest BCUT2D eigenvalue weighted by Crippen LogP contribution is 2.32. The third-order valence-electron chi connectivity index (χ3n) is 5.22. The summed E-state index contributed by atoms with van der Waals surface area (Å²) in [5, 5.41) is -0.262. The Morgan fingerprint density at radius 1 is 0.613 bits per heavy atom. The molecule has 0 N–H and O–H groups in total. The van der Waals surface area contributed by atoms with Crippen LogP contribution in [0.1, 0.15) is 16.7 Å². The standard InChI is InChI=1S/C26H27BrO4/c27-26-25(30-18-22-14-8-3-9-15-22)24(29-17-21-12-6-2-7-13-21)23(31-26)19-28-16-20-10-4-1-5-11-20/h1-15,23-26H,16-19H2/t23-,24-,25+,26+/m0/s1. The summed E-state index contributed by atoms with van der Waals surface area (Å²) in [6, 6.07) is 30.4. The molecule has 0 bridgehead atoms. The summed E-state index contributed by atoms with van der Waals surface area (Å²) in [6.07, 6.45) is -0.712. The van der Waals surface area contributed by atoms with E-state index in [0.717, 1.165) is 16.7 Å². The molecule has 31 heavy (non-hydrogen) atoms. The molecular formula is C26H27BrO4. The zero-order chi connectivity index (χ0) is 21.3. The Morgan fingerprint density at radius 3 is 1.58 bits per heavy atom. The molecule has 1 fully saturated rings. The van der Waals surface area contributed by atoms with Crippen LogP contribution in [0.2, 0.25) is 0 Å². The second kappa shape index (κ2) is 11.6. The molecule has 0 saturated carbocycles. The molecule has 0 aliphatic carbocycles. The second-order valence-corrected chi connectivity index (χ2v) is 8.45. The molecule has 162 valence electrons. The molecule has 0 radical (unpaired) electrons. The SMILES string of the molecule is Br[C@@H]1O[C@@H](COCc2ccccc2)[C@H](OCc2ccccc2)[C@H]1OCc1ccccc1. The fraction of sp³-hybridized carbons (Fsp3) is 0.308. The summed E-state index contributed by atoms with van der Waals surface area (Å²) < 4.78 is 24.7. The van der Waals surface area contributed by atoms with E-state index in [1.807, 2.05) is 54.6 Å². The first-order chi connectivity index (χ1) is 15.3. The van der Waals surface area contributed by atoms with Crippen molar-refractivity contribution in [2.45, 2.75) is 43.1 Å². The summed E-state index contributed by atoms with van der Waals surface area (Å²) in [5.41, 5.74) is 3.37. The molecule has 4 atom stereocenters. The lowest BCUT2D eigenvalue weighted by molar-refractivity contribution is -0.0895. The number of hydrogen-bond donors (Lipinski definition) is 0. The van der Waals surface area contributed by atoms with Crippen molar-refractivity contribution >= 4 is 15.9 Å². The van der Waals surface area contributed by atoms with Crippen LogP contribution in [0.25, 0.3) is 0 Å². The van der Waals surface area contributed by atoms with E-state index in [2.05, 4.69) is 52.3 Å². The van der Waals surface area contributed by atoms with Gasteiger partial charge < -0.3 is 18.9 Å². The normalized spacial score (nSPS) is 23.1. The lowest BCUT2D eigenvalue weighted by Gasteiger charge is -2.24. The molecule has 0 spiro atoms. The predicted molar refractivity (Wildman–Crippen MR) is 124 cm³/mol. The van der Waals surface area contributed by atoms with Crippen LogP contribution in [0.4, 0.5) is 0 Å². The van der Waals surface area contributed by atoms with E-state index in [1.54, 1.807) is 0 Å². The molecule has 1 heterocycles. The van der Waals surface area contributed by atoms with Gasteiger partial charge in [-0.2, -0.15) is 0 Å². The fourth-order valence-electron chi connectivity index (χ4n) is 3.59. The Bertz CT molecular complexity index is 891. The molecule has 3 aromatic rings. The first-order valence-electron chi connectivity index (χ1n) is 10.5. The van der Waals surface area contributed by atoms with Crippen molar-refractivity contribution in [3.05, 3.63) is 108 Å². The average Bonchev–Trinajstić information content (AvgIpc) is 3.12. The van der Waals surface area contributed by atoms with Crippen LogP contribution in [0.3, 0.4) is 0 Å². The maximum atomic E-state index is 6.32. The minimum absolute atomic E-state index is 0.224. The van der Waals surface area contributed by atoms with E-state index in [1.165, 1.54) is 0 Å². The fourth-order valence-corrected chi connectivity index (χ4v) is 4.32. The molecule has 1 aliphatic rings. The van der Waals surface area contributed by atoms with Crippen LogP contribution < -0.4 is 0 Å². The smallest absolute Gasteiger partial charge is 0.141 e. The molecule has 0 aromatic heterocycles. The van der Waals surface area contributed by atoms with Crippen molar-refractivity contribution in [1.29, 1.82) is 0 Å². The van der Waals surface area contributed by atoms with Crippen molar-refractivity contribution in [3.63, 3.8) is 0 Å². The van der Waals surface area contributed by atoms with E-state index in [4.69, 9.17) is 18.9 Å². The summed E-state index contributed by atoms with van der Waals surface area (Å²) in [5.74, 6) is 0. The first kappa shape index (κ1) is 22.2. The topological polar surface area (TPSA) is 36.9 Å². The number of rotatable bonds is 10. The summed E-state index contributed by atoms with van der Waals surface area (Å²) in [4.78, 5) is 0. The molecule has 4 nitrogen and oxygen atoms in total. The molecule has 3 aromatic carbocycles. The first-order valence-corrected chi connectivity index (χ1v) is 11.4. The lowest BCUT2D eigenvalue weighted by atomic mass is 10.1. The highest BCUT2D eigenvalue weighted by molar-refractivity contribution is 9.09. The zero-order valence-corrected chi connectivity index (χ0v) is 18.9. The summed E-state index contributed by atoms with van der Waals surface area (Å²) in [7, 11) is 0. The average molecular weight is 483 g/mol.